The Kier molecular flexibility index (Phi) is 4.95. The molecular weight excluding hydrogens is 396 g/mol. The first kappa shape index (κ1) is 18.7. The minimum absolute atomic E-state index is 0.00282. The second-order valence-electron chi connectivity index (χ2n) is 6.79. The average molecular weight is 413 g/mol. The zero-order valence-electron chi connectivity index (χ0n) is 15.3. The summed E-state index contributed by atoms with van der Waals surface area (Å²) in [4.78, 5) is 16.6. The molecule has 142 valence electrons. The molecule has 6 nitrogen and oxygen atoms in total. The molecule has 2 aliphatic rings. The first-order valence-corrected chi connectivity index (χ1v) is 9.95. The molecule has 3 heterocycles. The van der Waals surface area contributed by atoms with E-state index >= 15 is 0 Å². The van der Waals surface area contributed by atoms with Gasteiger partial charge in [-0.15, -0.1) is 0 Å². The van der Waals surface area contributed by atoms with Crippen LogP contribution < -0.4 is 0 Å². The number of hydrazone groups is 1. The third-order valence-electron chi connectivity index (χ3n) is 4.13. The lowest BCUT2D eigenvalue weighted by Crippen LogP contribution is -2.35. The molecule has 8 heteroatoms. The summed E-state index contributed by atoms with van der Waals surface area (Å²) in [7, 11) is 0. The second kappa shape index (κ2) is 7.41. The molecule has 1 aromatic carbocycles. The third kappa shape index (κ3) is 3.55. The van der Waals surface area contributed by atoms with Gasteiger partial charge in [0.1, 0.15) is 16.6 Å². The van der Waals surface area contributed by atoms with Gasteiger partial charge in [-0.25, -0.2) is 0 Å². The number of amides is 1. The lowest BCUT2D eigenvalue weighted by Gasteiger charge is -2.19. The first-order chi connectivity index (χ1) is 13.4. The zero-order chi connectivity index (χ0) is 19.8. The summed E-state index contributed by atoms with van der Waals surface area (Å²) in [6, 6.07) is 10.9. The Balaban J connectivity index is 1.63. The first-order valence-electron chi connectivity index (χ1n) is 8.76. The van der Waals surface area contributed by atoms with Crippen molar-refractivity contribution in [3.8, 4) is 11.3 Å². The highest BCUT2D eigenvalue weighted by Crippen LogP contribution is 2.32. The van der Waals surface area contributed by atoms with Gasteiger partial charge in [-0.2, -0.15) is 15.1 Å². The van der Waals surface area contributed by atoms with E-state index in [2.05, 4.69) is 23.9 Å². The van der Waals surface area contributed by atoms with E-state index in [1.165, 1.54) is 22.8 Å². The van der Waals surface area contributed by atoms with Gasteiger partial charge in [0.2, 0.25) is 5.17 Å². The van der Waals surface area contributed by atoms with Crippen molar-refractivity contribution in [3.05, 3.63) is 52.8 Å². The van der Waals surface area contributed by atoms with Crippen LogP contribution in [0.25, 0.3) is 17.4 Å². The molecule has 0 fully saturated rings. The van der Waals surface area contributed by atoms with E-state index in [-0.39, 0.29) is 11.4 Å². The Morgan fingerprint density at radius 1 is 1.29 bits per heavy atom. The Labute approximate surface area is 171 Å². The Morgan fingerprint density at radius 3 is 2.82 bits per heavy atom. The number of fused-ring (bicyclic) bond motifs is 1. The lowest BCUT2D eigenvalue weighted by atomic mass is 10.1. The van der Waals surface area contributed by atoms with Gasteiger partial charge in [0.05, 0.1) is 10.6 Å². The molecule has 0 radical (unpaired) electrons. The maximum Gasteiger partial charge on any atom is 0.283 e. The number of furan rings is 1. The molecule has 0 spiro atoms. The van der Waals surface area contributed by atoms with E-state index in [0.29, 0.717) is 27.6 Å². The van der Waals surface area contributed by atoms with Gasteiger partial charge >= 0.3 is 0 Å². The molecule has 1 aromatic heterocycles. The summed E-state index contributed by atoms with van der Waals surface area (Å²) in [5.74, 6) is 0.988. The van der Waals surface area contributed by atoms with Crippen LogP contribution in [0.1, 0.15) is 26.0 Å². The standard InChI is InChI=1S/C20H17ClN4O2S/c1-11(2)9-17-24-25-18(22)14(19(26)23-20(25)28-17)10-12-7-8-16(27-12)13-5-3-4-6-15(13)21/h3-8,10-11,22H,9H2,1-2H3/b14-10-,22-18?. The smallest absolute Gasteiger partial charge is 0.283 e. The van der Waals surface area contributed by atoms with Crippen LogP contribution in [-0.2, 0) is 4.79 Å². The number of thioether (sulfide) groups is 1. The molecule has 0 atom stereocenters. The van der Waals surface area contributed by atoms with Crippen LogP contribution in [0.5, 0.6) is 0 Å². The number of aliphatic imine (C=N–C) groups is 1. The van der Waals surface area contributed by atoms with Crippen LogP contribution >= 0.6 is 23.4 Å². The van der Waals surface area contributed by atoms with Crippen molar-refractivity contribution in [1.82, 2.24) is 5.01 Å². The van der Waals surface area contributed by atoms with Gasteiger partial charge in [-0.3, -0.25) is 10.2 Å². The largest absolute Gasteiger partial charge is 0.457 e. The van der Waals surface area contributed by atoms with E-state index < -0.39 is 5.91 Å². The quantitative estimate of drug-likeness (QED) is 0.694. The van der Waals surface area contributed by atoms with Crippen LogP contribution in [-0.4, -0.2) is 27.0 Å². The monoisotopic (exact) mass is 412 g/mol. The average Bonchev–Trinajstić information content (AvgIpc) is 3.25. The van der Waals surface area contributed by atoms with Crippen molar-refractivity contribution < 1.29 is 9.21 Å². The Hall–Kier alpha value is -2.64. The molecule has 2 aliphatic heterocycles. The van der Waals surface area contributed by atoms with E-state index in [1.54, 1.807) is 18.2 Å². The summed E-state index contributed by atoms with van der Waals surface area (Å²) in [5.41, 5.74) is 0.900. The molecule has 0 saturated carbocycles. The molecule has 1 amide bonds. The predicted octanol–water partition coefficient (Wildman–Crippen LogP) is 5.27. The van der Waals surface area contributed by atoms with Crippen molar-refractivity contribution in [2.24, 2.45) is 16.0 Å². The summed E-state index contributed by atoms with van der Waals surface area (Å²) in [5, 5.41) is 16.1. The van der Waals surface area contributed by atoms with Crippen LogP contribution in [0.3, 0.4) is 0 Å². The summed E-state index contributed by atoms with van der Waals surface area (Å²) in [6.07, 6.45) is 2.30. The molecule has 2 aromatic rings. The van der Waals surface area contributed by atoms with E-state index in [9.17, 15) is 4.79 Å². The number of nitrogens with one attached hydrogen (secondary N) is 1. The number of carbonyl (C=O) groups is 1. The van der Waals surface area contributed by atoms with Gasteiger partial charge in [-0.05, 0) is 48.0 Å². The van der Waals surface area contributed by atoms with Gasteiger partial charge in [0.25, 0.3) is 5.91 Å². The molecule has 0 bridgehead atoms. The molecule has 28 heavy (non-hydrogen) atoms. The summed E-state index contributed by atoms with van der Waals surface area (Å²) >= 11 is 7.55. The zero-order valence-corrected chi connectivity index (χ0v) is 16.8. The minimum atomic E-state index is -0.472. The third-order valence-corrected chi connectivity index (χ3v) is 5.39. The molecule has 0 unspecified atom stereocenters. The van der Waals surface area contributed by atoms with Gasteiger partial charge in [0, 0.05) is 12.0 Å². The molecular formula is C20H17ClN4O2S. The number of benzene rings is 1. The fourth-order valence-corrected chi connectivity index (χ4v) is 4.17. The molecule has 1 N–H and O–H groups in total. The highest BCUT2D eigenvalue weighted by Gasteiger charge is 2.35. The van der Waals surface area contributed by atoms with Crippen LogP contribution in [0.15, 0.2) is 56.5 Å². The van der Waals surface area contributed by atoms with E-state index in [0.717, 1.165) is 17.0 Å². The second-order valence-corrected chi connectivity index (χ2v) is 8.24. The number of hydrogen-bond donors (Lipinski definition) is 1. The number of carbonyl (C=O) groups excluding carboxylic acids is 1. The Morgan fingerprint density at radius 2 is 2.07 bits per heavy atom. The molecule has 0 aliphatic carbocycles. The van der Waals surface area contributed by atoms with Crippen molar-refractivity contribution in [1.29, 1.82) is 5.41 Å². The van der Waals surface area contributed by atoms with E-state index in [1.807, 2.05) is 18.2 Å². The fraction of sp³-hybridized carbons (Fsp3) is 0.200. The molecule has 0 saturated heterocycles. The van der Waals surface area contributed by atoms with Crippen molar-refractivity contribution in [2.45, 2.75) is 20.3 Å². The van der Waals surface area contributed by atoms with Crippen molar-refractivity contribution in [3.63, 3.8) is 0 Å². The number of hydrogen-bond acceptors (Lipinski definition) is 5. The normalized spacial score (nSPS) is 18.0. The topological polar surface area (TPSA) is 82.0 Å². The summed E-state index contributed by atoms with van der Waals surface area (Å²) < 4.78 is 5.82. The maximum absolute atomic E-state index is 12.5. The lowest BCUT2D eigenvalue weighted by molar-refractivity contribution is -0.114. The van der Waals surface area contributed by atoms with Crippen LogP contribution in [0.2, 0.25) is 5.02 Å². The van der Waals surface area contributed by atoms with Gasteiger partial charge < -0.3 is 4.42 Å². The van der Waals surface area contributed by atoms with Crippen molar-refractivity contribution >= 4 is 51.4 Å². The summed E-state index contributed by atoms with van der Waals surface area (Å²) in [6.45, 7) is 4.19. The number of amidine groups is 2. The number of rotatable bonds is 4. The maximum atomic E-state index is 12.5. The van der Waals surface area contributed by atoms with Crippen LogP contribution in [0.4, 0.5) is 0 Å². The minimum Gasteiger partial charge on any atom is -0.457 e. The Bertz CT molecular complexity index is 1070. The number of nitrogens with zero attached hydrogens (tertiary/aromatic N) is 3. The highest BCUT2D eigenvalue weighted by atomic mass is 35.5. The van der Waals surface area contributed by atoms with E-state index in [4.69, 9.17) is 21.4 Å². The van der Waals surface area contributed by atoms with Gasteiger partial charge in [-0.1, -0.05) is 37.6 Å². The SMILES string of the molecule is CC(C)CC1=NN2C(=N)/C(=C/c3ccc(-c4ccccc4Cl)o3)C(=O)N=C2S1. The van der Waals surface area contributed by atoms with Crippen molar-refractivity contribution in [2.75, 3.05) is 0 Å². The van der Waals surface area contributed by atoms with Gasteiger partial charge in [0.15, 0.2) is 5.84 Å². The number of halogens is 1. The predicted molar refractivity (Wildman–Crippen MR) is 114 cm³/mol. The fourth-order valence-electron chi connectivity index (χ4n) is 2.84. The van der Waals surface area contributed by atoms with Crippen LogP contribution in [0, 0.1) is 11.3 Å². The highest BCUT2D eigenvalue weighted by molar-refractivity contribution is 8.26. The molecule has 4 rings (SSSR count).